The van der Waals surface area contributed by atoms with Gasteiger partial charge in [-0.2, -0.15) is 0 Å². The molecular weight excluding hydrogens is 285 g/mol. The molecule has 20 heavy (non-hydrogen) atoms. The van der Waals surface area contributed by atoms with Crippen LogP contribution >= 0.6 is 11.8 Å². The molecule has 1 aromatic carbocycles. The molecule has 1 heterocycles. The summed E-state index contributed by atoms with van der Waals surface area (Å²) >= 11 is 1.35. The lowest BCUT2D eigenvalue weighted by Gasteiger charge is -2.25. The number of carboxylic acid groups (broad SMARTS) is 1. The number of nitrogens with zero attached hydrogens (tertiary/aromatic N) is 1. The first-order valence-electron chi connectivity index (χ1n) is 5.97. The third kappa shape index (κ3) is 2.45. The van der Waals surface area contributed by atoms with Gasteiger partial charge in [-0.05, 0) is 19.1 Å². The lowest BCUT2D eigenvalue weighted by atomic mass is 10.1. The lowest BCUT2D eigenvalue weighted by molar-refractivity contribution is -0.141. The van der Waals surface area contributed by atoms with Crippen molar-refractivity contribution in [2.45, 2.75) is 18.3 Å². The number of ether oxygens (including phenoxy) is 1. The number of carbonyl (C=O) groups is 2. The van der Waals surface area contributed by atoms with Crippen LogP contribution in [0.5, 0.6) is 5.75 Å². The van der Waals surface area contributed by atoms with Gasteiger partial charge in [0.25, 0.3) is 5.91 Å². The normalized spacial score (nSPS) is 21.9. The van der Waals surface area contributed by atoms with Gasteiger partial charge in [0.05, 0.1) is 12.5 Å². The average molecular weight is 299 g/mol. The lowest BCUT2D eigenvalue weighted by Crippen LogP contribution is -2.45. The average Bonchev–Trinajstić information content (AvgIpc) is 2.79. The molecule has 0 aliphatic carbocycles. The fraction of sp³-hybridized carbons (Fsp3) is 0.385. The molecule has 2 unspecified atom stereocenters. The van der Waals surface area contributed by atoms with E-state index in [-0.39, 0.29) is 16.7 Å². The zero-order valence-electron chi connectivity index (χ0n) is 11.0. The topological polar surface area (TPSA) is 66.8 Å². The smallest absolute Gasteiger partial charge is 0.327 e. The van der Waals surface area contributed by atoms with E-state index < -0.39 is 23.7 Å². The molecule has 1 amide bonds. The number of carbonyl (C=O) groups excluding carboxylic acids is 1. The molecule has 0 bridgehead atoms. The van der Waals surface area contributed by atoms with Crippen LogP contribution in [0.2, 0.25) is 0 Å². The summed E-state index contributed by atoms with van der Waals surface area (Å²) in [5.41, 5.74) is -0.226. The molecule has 1 saturated heterocycles. The van der Waals surface area contributed by atoms with Crippen LogP contribution in [0.4, 0.5) is 4.39 Å². The number of carboxylic acids is 1. The van der Waals surface area contributed by atoms with Gasteiger partial charge in [-0.15, -0.1) is 11.8 Å². The second-order valence-electron chi connectivity index (χ2n) is 4.32. The highest BCUT2D eigenvalue weighted by Gasteiger charge is 2.41. The SMILES string of the molecule is COc1cccc(F)c1C(=O)N1C(C)SCC1C(=O)O. The molecule has 1 N–H and O–H groups in total. The number of aliphatic carboxylic acids is 1. The van der Waals surface area contributed by atoms with Crippen molar-refractivity contribution < 1.29 is 23.8 Å². The Balaban J connectivity index is 2.42. The van der Waals surface area contributed by atoms with E-state index in [1.54, 1.807) is 6.92 Å². The molecule has 1 aromatic rings. The maximum absolute atomic E-state index is 13.9. The van der Waals surface area contributed by atoms with Gasteiger partial charge in [-0.3, -0.25) is 4.79 Å². The molecule has 7 heteroatoms. The summed E-state index contributed by atoms with van der Waals surface area (Å²) in [6.45, 7) is 1.72. The van der Waals surface area contributed by atoms with Crippen LogP contribution in [0.1, 0.15) is 17.3 Å². The van der Waals surface area contributed by atoms with Crippen molar-refractivity contribution in [1.82, 2.24) is 4.90 Å². The molecule has 2 atom stereocenters. The van der Waals surface area contributed by atoms with Gasteiger partial charge in [-0.25, -0.2) is 9.18 Å². The fourth-order valence-corrected chi connectivity index (χ4v) is 3.32. The van der Waals surface area contributed by atoms with E-state index in [0.29, 0.717) is 5.75 Å². The first-order chi connectivity index (χ1) is 9.47. The molecular formula is C13H14FNO4S. The van der Waals surface area contributed by atoms with Gasteiger partial charge in [0.2, 0.25) is 0 Å². The van der Waals surface area contributed by atoms with Crippen LogP contribution in [0.3, 0.4) is 0 Å². The molecule has 0 aromatic heterocycles. The molecule has 2 rings (SSSR count). The predicted octanol–water partition coefficient (Wildman–Crippen LogP) is 1.82. The van der Waals surface area contributed by atoms with E-state index in [1.165, 1.54) is 35.9 Å². The number of halogens is 1. The number of methoxy groups -OCH3 is 1. The van der Waals surface area contributed by atoms with Crippen LogP contribution in [0.15, 0.2) is 18.2 Å². The van der Waals surface area contributed by atoms with Crippen molar-refractivity contribution in [2.24, 2.45) is 0 Å². The van der Waals surface area contributed by atoms with E-state index >= 15 is 0 Å². The maximum Gasteiger partial charge on any atom is 0.327 e. The largest absolute Gasteiger partial charge is 0.496 e. The summed E-state index contributed by atoms with van der Waals surface area (Å²) in [5, 5.41) is 8.83. The Labute approximate surface area is 119 Å². The molecule has 1 aliphatic rings. The van der Waals surface area contributed by atoms with Crippen molar-refractivity contribution in [2.75, 3.05) is 12.9 Å². The summed E-state index contributed by atoms with van der Waals surface area (Å²) in [6.07, 6.45) is 0. The Morgan fingerprint density at radius 3 is 2.80 bits per heavy atom. The Morgan fingerprint density at radius 2 is 2.20 bits per heavy atom. The van der Waals surface area contributed by atoms with E-state index in [4.69, 9.17) is 9.84 Å². The summed E-state index contributed by atoms with van der Waals surface area (Å²) in [6, 6.07) is 3.10. The van der Waals surface area contributed by atoms with Gasteiger partial charge in [0.15, 0.2) is 0 Å². The first-order valence-corrected chi connectivity index (χ1v) is 7.01. The quantitative estimate of drug-likeness (QED) is 0.922. The van der Waals surface area contributed by atoms with Gasteiger partial charge in [0.1, 0.15) is 23.2 Å². The van der Waals surface area contributed by atoms with Gasteiger partial charge in [-0.1, -0.05) is 6.07 Å². The highest BCUT2D eigenvalue weighted by Crippen LogP contribution is 2.33. The summed E-state index contributed by atoms with van der Waals surface area (Å²) in [4.78, 5) is 24.9. The number of benzene rings is 1. The number of rotatable bonds is 3. The zero-order valence-corrected chi connectivity index (χ0v) is 11.8. The van der Waals surface area contributed by atoms with Crippen LogP contribution in [0.25, 0.3) is 0 Å². The molecule has 5 nitrogen and oxygen atoms in total. The second-order valence-corrected chi connectivity index (χ2v) is 5.67. The third-order valence-corrected chi connectivity index (χ3v) is 4.37. The van der Waals surface area contributed by atoms with Crippen molar-refractivity contribution in [3.05, 3.63) is 29.6 Å². The van der Waals surface area contributed by atoms with E-state index in [9.17, 15) is 14.0 Å². The van der Waals surface area contributed by atoms with Gasteiger partial charge >= 0.3 is 5.97 Å². The molecule has 1 aliphatic heterocycles. The number of amides is 1. The minimum Gasteiger partial charge on any atom is -0.496 e. The van der Waals surface area contributed by atoms with Crippen molar-refractivity contribution in [3.8, 4) is 5.75 Å². The number of hydrogen-bond acceptors (Lipinski definition) is 4. The summed E-state index contributed by atoms with van der Waals surface area (Å²) in [7, 11) is 1.34. The van der Waals surface area contributed by atoms with Crippen LogP contribution in [-0.2, 0) is 4.79 Å². The first kappa shape index (κ1) is 14.6. The Hall–Kier alpha value is -1.76. The highest BCUT2D eigenvalue weighted by molar-refractivity contribution is 8.00. The Bertz CT molecular complexity index is 551. The zero-order chi connectivity index (χ0) is 14.9. The van der Waals surface area contributed by atoms with Crippen molar-refractivity contribution in [3.63, 3.8) is 0 Å². The number of thioether (sulfide) groups is 1. The van der Waals surface area contributed by atoms with Crippen LogP contribution < -0.4 is 4.74 Å². The number of hydrogen-bond donors (Lipinski definition) is 1. The van der Waals surface area contributed by atoms with Crippen molar-refractivity contribution in [1.29, 1.82) is 0 Å². The van der Waals surface area contributed by atoms with Gasteiger partial charge < -0.3 is 14.7 Å². The fourth-order valence-electron chi connectivity index (χ4n) is 2.15. The van der Waals surface area contributed by atoms with Gasteiger partial charge in [0, 0.05) is 5.75 Å². The molecule has 0 saturated carbocycles. The predicted molar refractivity (Wildman–Crippen MR) is 72.5 cm³/mol. The third-order valence-electron chi connectivity index (χ3n) is 3.15. The van der Waals surface area contributed by atoms with E-state index in [2.05, 4.69) is 0 Å². The monoisotopic (exact) mass is 299 g/mol. The highest BCUT2D eigenvalue weighted by atomic mass is 32.2. The molecule has 1 fully saturated rings. The molecule has 0 spiro atoms. The van der Waals surface area contributed by atoms with Crippen LogP contribution in [0, 0.1) is 5.82 Å². The maximum atomic E-state index is 13.9. The van der Waals surface area contributed by atoms with Crippen molar-refractivity contribution >= 4 is 23.6 Å². The standard InChI is InChI=1S/C13H14FNO4S/c1-7-15(9(6-20-7)13(17)18)12(16)11-8(14)4-3-5-10(11)19-2/h3-5,7,9H,6H2,1-2H3,(H,17,18). The molecule has 0 radical (unpaired) electrons. The molecule has 108 valence electrons. The minimum absolute atomic E-state index is 0.100. The summed E-state index contributed by atoms with van der Waals surface area (Å²) in [5.74, 6) is -2.08. The minimum atomic E-state index is -1.09. The van der Waals surface area contributed by atoms with Crippen LogP contribution in [-0.4, -0.2) is 46.2 Å². The Kier molecular flexibility index (Phi) is 4.17. The summed E-state index contributed by atoms with van der Waals surface area (Å²) < 4.78 is 18.9. The second kappa shape index (κ2) is 5.70. The van der Waals surface area contributed by atoms with E-state index in [0.717, 1.165) is 6.07 Å². The Morgan fingerprint density at radius 1 is 1.50 bits per heavy atom. The van der Waals surface area contributed by atoms with E-state index in [1.807, 2.05) is 0 Å².